The van der Waals surface area contributed by atoms with Gasteiger partial charge in [-0.15, -0.1) is 0 Å². The predicted molar refractivity (Wildman–Crippen MR) is 147 cm³/mol. The molecule has 2 unspecified atom stereocenters. The van der Waals surface area contributed by atoms with E-state index in [1.165, 1.54) is 80.6 Å². The summed E-state index contributed by atoms with van der Waals surface area (Å²) in [6.07, 6.45) is 26.2. The van der Waals surface area contributed by atoms with Crippen molar-refractivity contribution in [2.24, 2.45) is 11.8 Å². The van der Waals surface area contributed by atoms with Crippen molar-refractivity contribution in [3.8, 4) is 0 Å². The van der Waals surface area contributed by atoms with Crippen LogP contribution in [0.15, 0.2) is 108 Å². The maximum atomic E-state index is 2.40. The summed E-state index contributed by atoms with van der Waals surface area (Å²) in [6, 6.07) is 18.3. The third-order valence-electron chi connectivity index (χ3n) is 8.39. The Kier molecular flexibility index (Phi) is 4.79. The van der Waals surface area contributed by atoms with Crippen molar-refractivity contribution in [3.63, 3.8) is 0 Å². The summed E-state index contributed by atoms with van der Waals surface area (Å²) in [6.45, 7) is 0. The molecule has 0 nitrogen and oxygen atoms in total. The van der Waals surface area contributed by atoms with Gasteiger partial charge >= 0.3 is 0 Å². The molecule has 0 bridgehead atoms. The average Bonchev–Trinajstić information content (AvgIpc) is 2.91. The molecule has 0 saturated heterocycles. The van der Waals surface area contributed by atoms with E-state index in [4.69, 9.17) is 0 Å². The van der Waals surface area contributed by atoms with E-state index in [0.717, 1.165) is 12.8 Å². The van der Waals surface area contributed by atoms with Crippen LogP contribution in [0.3, 0.4) is 0 Å². The number of rotatable bonds is 2. The number of benzene rings is 3. The van der Waals surface area contributed by atoms with Crippen molar-refractivity contribution in [2.75, 3.05) is 0 Å². The highest BCUT2D eigenvalue weighted by Gasteiger charge is 2.26. The van der Waals surface area contributed by atoms with Crippen LogP contribution in [-0.2, 0) is 0 Å². The minimum Gasteiger partial charge on any atom is -0.0842 e. The Morgan fingerprint density at radius 2 is 0.912 bits per heavy atom. The highest BCUT2D eigenvalue weighted by atomic mass is 14.3. The zero-order chi connectivity index (χ0) is 22.5. The summed E-state index contributed by atoms with van der Waals surface area (Å²) < 4.78 is 0. The summed E-state index contributed by atoms with van der Waals surface area (Å²) in [5.74, 6) is 1.32. The molecule has 0 N–H and O–H groups in total. The van der Waals surface area contributed by atoms with E-state index >= 15 is 0 Å². The van der Waals surface area contributed by atoms with Crippen LogP contribution in [0.2, 0.25) is 0 Å². The summed E-state index contributed by atoms with van der Waals surface area (Å²) in [5.41, 5.74) is 8.93. The van der Waals surface area contributed by atoms with Gasteiger partial charge in [-0.1, -0.05) is 97.1 Å². The Morgan fingerprint density at radius 3 is 1.32 bits per heavy atom. The molecule has 0 spiro atoms. The first-order valence-electron chi connectivity index (χ1n) is 13.0. The second-order valence-electron chi connectivity index (χ2n) is 10.3. The topological polar surface area (TPSA) is 0 Å². The van der Waals surface area contributed by atoms with Gasteiger partial charge in [-0.3, -0.25) is 0 Å². The van der Waals surface area contributed by atoms with Crippen LogP contribution in [0.1, 0.15) is 49.7 Å². The lowest BCUT2D eigenvalue weighted by molar-refractivity contribution is 0.573. The standard InChI is InChI=1S/C34H30/c1-3-11-25-21-27(19-17-23(25)9-1)33-29-13-5-7-15-31(29)34(32-16-8-6-14-30(32)33)28-20-18-24-10-2-4-12-26(24)22-28/h1-2,5-10,13-20,25-26H,3-4,11-12,21-22H2. The van der Waals surface area contributed by atoms with Crippen LogP contribution in [0, 0.1) is 11.8 Å². The predicted octanol–water partition coefficient (Wildman–Crippen LogP) is 9.35. The minimum atomic E-state index is 0.658. The minimum absolute atomic E-state index is 0.658. The van der Waals surface area contributed by atoms with Crippen LogP contribution >= 0.6 is 0 Å². The lowest BCUT2D eigenvalue weighted by Gasteiger charge is -2.29. The number of hydrogen-bond acceptors (Lipinski definition) is 0. The van der Waals surface area contributed by atoms with Gasteiger partial charge in [0.1, 0.15) is 0 Å². The monoisotopic (exact) mass is 438 g/mol. The summed E-state index contributed by atoms with van der Waals surface area (Å²) in [4.78, 5) is 0. The van der Waals surface area contributed by atoms with E-state index in [2.05, 4.69) is 97.1 Å². The Balaban J connectivity index is 1.48. The molecule has 0 aromatic heterocycles. The van der Waals surface area contributed by atoms with Crippen molar-refractivity contribution in [1.82, 2.24) is 0 Å². The molecule has 166 valence electrons. The molecule has 0 heterocycles. The summed E-state index contributed by atoms with van der Waals surface area (Å²) >= 11 is 0. The number of hydrogen-bond donors (Lipinski definition) is 0. The summed E-state index contributed by atoms with van der Waals surface area (Å²) in [7, 11) is 0. The first-order chi connectivity index (χ1) is 16.9. The summed E-state index contributed by atoms with van der Waals surface area (Å²) in [5, 5.41) is 5.63. The van der Waals surface area contributed by atoms with Crippen LogP contribution in [0.4, 0.5) is 0 Å². The van der Waals surface area contributed by atoms with Crippen molar-refractivity contribution < 1.29 is 0 Å². The SMILES string of the molecule is C1=CC2=CC=C(c3c4ccccc4c(C4=CC=C5C=CCCC5C4)c4ccccc34)CC2CC1. The molecule has 0 radical (unpaired) electrons. The molecule has 0 aliphatic heterocycles. The zero-order valence-electron chi connectivity index (χ0n) is 19.6. The van der Waals surface area contributed by atoms with Gasteiger partial charge in [0.25, 0.3) is 0 Å². The van der Waals surface area contributed by atoms with Crippen molar-refractivity contribution in [2.45, 2.75) is 38.5 Å². The lowest BCUT2D eigenvalue weighted by Crippen LogP contribution is -2.12. The molecule has 0 amide bonds. The van der Waals surface area contributed by atoms with E-state index in [-0.39, 0.29) is 0 Å². The van der Waals surface area contributed by atoms with Crippen LogP contribution in [0.25, 0.3) is 32.7 Å². The van der Waals surface area contributed by atoms with E-state index in [0.29, 0.717) is 11.8 Å². The van der Waals surface area contributed by atoms with Crippen LogP contribution < -0.4 is 0 Å². The fourth-order valence-corrected chi connectivity index (χ4v) is 6.71. The van der Waals surface area contributed by atoms with Gasteiger partial charge in [0.15, 0.2) is 0 Å². The first kappa shape index (κ1) is 20.0. The Morgan fingerprint density at radius 1 is 0.500 bits per heavy atom. The Hall–Kier alpha value is -3.38. The second kappa shape index (κ2) is 8.13. The Labute approximate surface area is 202 Å². The number of fused-ring (bicyclic) bond motifs is 4. The Bertz CT molecular complexity index is 1330. The molecule has 7 rings (SSSR count). The first-order valence-corrected chi connectivity index (χ1v) is 13.0. The quantitative estimate of drug-likeness (QED) is 0.350. The largest absolute Gasteiger partial charge is 0.0842 e. The van der Waals surface area contributed by atoms with Crippen molar-refractivity contribution in [1.29, 1.82) is 0 Å². The van der Waals surface area contributed by atoms with Gasteiger partial charge in [-0.25, -0.2) is 0 Å². The number of allylic oxidation sites excluding steroid dienone is 12. The zero-order valence-corrected chi connectivity index (χ0v) is 19.6. The normalized spacial score (nSPS) is 23.6. The van der Waals surface area contributed by atoms with Crippen LogP contribution in [0.5, 0.6) is 0 Å². The van der Waals surface area contributed by atoms with E-state index in [1.54, 1.807) is 0 Å². The molecular weight excluding hydrogens is 408 g/mol. The van der Waals surface area contributed by atoms with Gasteiger partial charge in [0.05, 0.1) is 0 Å². The molecule has 3 aromatic rings. The molecule has 0 heteroatoms. The fourth-order valence-electron chi connectivity index (χ4n) is 6.71. The smallest absolute Gasteiger partial charge is 0.00666 e. The van der Waals surface area contributed by atoms with Gasteiger partial charge in [0.2, 0.25) is 0 Å². The maximum absolute atomic E-state index is 2.40. The molecule has 0 saturated carbocycles. The highest BCUT2D eigenvalue weighted by molar-refractivity contribution is 6.16. The van der Waals surface area contributed by atoms with E-state index < -0.39 is 0 Å². The molecule has 2 atom stereocenters. The molecule has 34 heavy (non-hydrogen) atoms. The highest BCUT2D eigenvalue weighted by Crippen LogP contribution is 2.46. The van der Waals surface area contributed by atoms with Crippen molar-refractivity contribution >= 4 is 32.7 Å². The molecule has 4 aliphatic rings. The van der Waals surface area contributed by atoms with Crippen LogP contribution in [-0.4, -0.2) is 0 Å². The average molecular weight is 439 g/mol. The third-order valence-corrected chi connectivity index (χ3v) is 8.39. The molecule has 0 fully saturated rings. The maximum Gasteiger partial charge on any atom is -0.00666 e. The fraction of sp³-hybridized carbons (Fsp3) is 0.235. The molecule has 4 aliphatic carbocycles. The van der Waals surface area contributed by atoms with Crippen molar-refractivity contribution in [3.05, 3.63) is 119 Å². The van der Waals surface area contributed by atoms with Gasteiger partial charge in [-0.05, 0) is 105 Å². The third kappa shape index (κ3) is 3.20. The van der Waals surface area contributed by atoms with E-state index in [1.807, 2.05) is 0 Å². The molecular formula is C34H30. The van der Waals surface area contributed by atoms with Gasteiger partial charge in [-0.2, -0.15) is 0 Å². The van der Waals surface area contributed by atoms with E-state index in [9.17, 15) is 0 Å². The van der Waals surface area contributed by atoms with Gasteiger partial charge in [0, 0.05) is 0 Å². The molecule has 3 aromatic carbocycles. The second-order valence-corrected chi connectivity index (χ2v) is 10.3. The van der Waals surface area contributed by atoms with Gasteiger partial charge < -0.3 is 0 Å². The lowest BCUT2D eigenvalue weighted by atomic mass is 9.75.